The van der Waals surface area contributed by atoms with Gasteiger partial charge in [0.05, 0.1) is 11.6 Å². The zero-order chi connectivity index (χ0) is 14.0. The molecule has 2 N–H and O–H groups in total. The summed E-state index contributed by atoms with van der Waals surface area (Å²) >= 11 is 0. The maximum absolute atomic E-state index is 6.25. The molecular formula is C17H26N2O. The lowest BCUT2D eigenvalue weighted by Gasteiger charge is -2.51. The fraction of sp³-hybridized carbons (Fsp3) is 0.647. The Kier molecular flexibility index (Phi) is 3.99. The first-order chi connectivity index (χ1) is 9.79. The van der Waals surface area contributed by atoms with Crippen molar-refractivity contribution in [3.05, 3.63) is 29.8 Å². The van der Waals surface area contributed by atoms with Gasteiger partial charge in [-0.2, -0.15) is 0 Å². The molecule has 0 aliphatic carbocycles. The van der Waals surface area contributed by atoms with Crippen LogP contribution in [0.5, 0.6) is 0 Å². The fourth-order valence-corrected chi connectivity index (χ4v) is 3.83. The van der Waals surface area contributed by atoms with Crippen LogP contribution in [0.3, 0.4) is 0 Å². The summed E-state index contributed by atoms with van der Waals surface area (Å²) in [5, 5.41) is 0. The lowest BCUT2D eigenvalue weighted by molar-refractivity contribution is -0.0202. The number of nitrogens with zero attached hydrogens (tertiary/aromatic N) is 1. The first-order valence-electron chi connectivity index (χ1n) is 7.96. The van der Waals surface area contributed by atoms with Crippen molar-refractivity contribution < 1.29 is 4.74 Å². The van der Waals surface area contributed by atoms with Crippen LogP contribution in [0.2, 0.25) is 0 Å². The quantitative estimate of drug-likeness (QED) is 0.921. The normalized spacial score (nSPS) is 30.1. The van der Waals surface area contributed by atoms with Crippen LogP contribution in [0, 0.1) is 0 Å². The topological polar surface area (TPSA) is 38.5 Å². The molecule has 0 bridgehead atoms. The molecule has 3 rings (SSSR count). The summed E-state index contributed by atoms with van der Waals surface area (Å²) in [6, 6.07) is 8.83. The van der Waals surface area contributed by atoms with Gasteiger partial charge in [-0.25, -0.2) is 0 Å². The molecule has 2 atom stereocenters. The Bertz CT molecular complexity index is 462. The summed E-state index contributed by atoms with van der Waals surface area (Å²) in [6.45, 7) is 4.90. The highest BCUT2D eigenvalue weighted by molar-refractivity contribution is 5.57. The van der Waals surface area contributed by atoms with Gasteiger partial charge in [-0.1, -0.05) is 25.1 Å². The number of nitrogens with two attached hydrogens (primary N) is 1. The number of fused-ring (bicyclic) bond motifs is 1. The van der Waals surface area contributed by atoms with Crippen molar-refractivity contribution in [1.29, 1.82) is 0 Å². The number of ether oxygens (including phenoxy) is 1. The molecule has 20 heavy (non-hydrogen) atoms. The zero-order valence-corrected chi connectivity index (χ0v) is 12.5. The van der Waals surface area contributed by atoms with E-state index >= 15 is 0 Å². The van der Waals surface area contributed by atoms with Crippen LogP contribution >= 0.6 is 0 Å². The van der Waals surface area contributed by atoms with Gasteiger partial charge >= 0.3 is 0 Å². The smallest absolute Gasteiger partial charge is 0.0595 e. The molecule has 110 valence electrons. The molecule has 0 amide bonds. The molecule has 0 saturated carbocycles. The van der Waals surface area contributed by atoms with Crippen LogP contribution in [-0.4, -0.2) is 31.3 Å². The van der Waals surface area contributed by atoms with Gasteiger partial charge in [0.2, 0.25) is 0 Å². The lowest BCUT2D eigenvalue weighted by Crippen LogP contribution is -2.60. The van der Waals surface area contributed by atoms with Gasteiger partial charge in [-0.15, -0.1) is 0 Å². The Hall–Kier alpha value is -1.06. The van der Waals surface area contributed by atoms with E-state index in [1.54, 1.807) is 0 Å². The molecule has 0 spiro atoms. The van der Waals surface area contributed by atoms with Crippen molar-refractivity contribution >= 4 is 5.69 Å². The monoisotopic (exact) mass is 274 g/mol. The Labute approximate surface area is 122 Å². The van der Waals surface area contributed by atoms with E-state index in [2.05, 4.69) is 36.1 Å². The maximum atomic E-state index is 6.25. The Balaban J connectivity index is 1.94. The molecule has 3 nitrogen and oxygen atoms in total. The second-order valence-corrected chi connectivity index (χ2v) is 6.17. The SMILES string of the molecule is CCC1CC(CN)(N2CCCc3ccccc32)CCO1. The minimum absolute atomic E-state index is 0.0927. The highest BCUT2D eigenvalue weighted by atomic mass is 16.5. The van der Waals surface area contributed by atoms with Crippen molar-refractivity contribution in [3.63, 3.8) is 0 Å². The molecule has 1 fully saturated rings. The molecular weight excluding hydrogens is 248 g/mol. The summed E-state index contributed by atoms with van der Waals surface area (Å²) in [6.07, 6.45) is 5.98. The van der Waals surface area contributed by atoms with Crippen molar-refractivity contribution in [3.8, 4) is 0 Å². The number of aryl methyl sites for hydroxylation is 1. The van der Waals surface area contributed by atoms with Gasteiger partial charge in [-0.3, -0.25) is 0 Å². The van der Waals surface area contributed by atoms with Gasteiger partial charge in [0.15, 0.2) is 0 Å². The van der Waals surface area contributed by atoms with Crippen LogP contribution in [0.15, 0.2) is 24.3 Å². The van der Waals surface area contributed by atoms with Crippen LogP contribution in [0.25, 0.3) is 0 Å². The highest BCUT2D eigenvalue weighted by Crippen LogP contribution is 2.39. The Morgan fingerprint density at radius 3 is 3.05 bits per heavy atom. The summed E-state index contributed by atoms with van der Waals surface area (Å²) in [5.41, 5.74) is 9.22. The third-order valence-corrected chi connectivity index (χ3v) is 5.05. The van der Waals surface area contributed by atoms with E-state index < -0.39 is 0 Å². The molecule has 1 saturated heterocycles. The number of hydrogen-bond donors (Lipinski definition) is 1. The largest absolute Gasteiger partial charge is 0.378 e. The lowest BCUT2D eigenvalue weighted by atomic mass is 9.82. The van der Waals surface area contributed by atoms with Crippen molar-refractivity contribution in [1.82, 2.24) is 0 Å². The van der Waals surface area contributed by atoms with Crippen molar-refractivity contribution in [2.45, 2.75) is 50.7 Å². The molecule has 3 heteroatoms. The molecule has 2 aliphatic rings. The number of para-hydroxylation sites is 1. The standard InChI is InChI=1S/C17H26N2O/c1-2-15-12-17(13-18,9-11-20-15)19-10-5-7-14-6-3-4-8-16(14)19/h3-4,6,8,15H,2,5,7,9-13,18H2,1H3. The van der Waals surface area contributed by atoms with Crippen molar-refractivity contribution in [2.24, 2.45) is 5.73 Å². The Morgan fingerprint density at radius 2 is 2.25 bits per heavy atom. The van der Waals surface area contributed by atoms with Crippen LogP contribution in [0.4, 0.5) is 5.69 Å². The predicted molar refractivity (Wildman–Crippen MR) is 83.2 cm³/mol. The predicted octanol–water partition coefficient (Wildman–Crippen LogP) is 2.73. The minimum Gasteiger partial charge on any atom is -0.378 e. The Morgan fingerprint density at radius 1 is 1.40 bits per heavy atom. The number of rotatable bonds is 3. The second kappa shape index (κ2) is 5.74. The molecule has 1 aromatic carbocycles. The molecule has 0 aromatic heterocycles. The minimum atomic E-state index is 0.0927. The molecule has 2 unspecified atom stereocenters. The van der Waals surface area contributed by atoms with Crippen LogP contribution < -0.4 is 10.6 Å². The van der Waals surface area contributed by atoms with Gasteiger partial charge in [0.25, 0.3) is 0 Å². The van der Waals surface area contributed by atoms with Crippen LogP contribution in [0.1, 0.15) is 38.2 Å². The molecule has 1 aromatic rings. The molecule has 2 heterocycles. The van der Waals surface area contributed by atoms with E-state index in [0.29, 0.717) is 6.10 Å². The van der Waals surface area contributed by atoms with Crippen LogP contribution in [-0.2, 0) is 11.2 Å². The summed E-state index contributed by atoms with van der Waals surface area (Å²) in [4.78, 5) is 2.59. The van der Waals surface area contributed by atoms with Gasteiger partial charge < -0.3 is 15.4 Å². The third-order valence-electron chi connectivity index (χ3n) is 5.05. The van der Waals surface area contributed by atoms with E-state index in [4.69, 9.17) is 10.5 Å². The van der Waals surface area contributed by atoms with E-state index in [9.17, 15) is 0 Å². The summed E-state index contributed by atoms with van der Waals surface area (Å²) < 4.78 is 5.88. The highest BCUT2D eigenvalue weighted by Gasteiger charge is 2.41. The van der Waals surface area contributed by atoms with Crippen molar-refractivity contribution in [2.75, 3.05) is 24.6 Å². The van der Waals surface area contributed by atoms with Gasteiger partial charge in [0.1, 0.15) is 0 Å². The third kappa shape index (κ3) is 2.33. The van der Waals surface area contributed by atoms with E-state index in [1.165, 1.54) is 24.1 Å². The number of benzene rings is 1. The fourth-order valence-electron chi connectivity index (χ4n) is 3.83. The second-order valence-electron chi connectivity index (χ2n) is 6.17. The van der Waals surface area contributed by atoms with E-state index in [0.717, 1.165) is 39.0 Å². The van der Waals surface area contributed by atoms with Gasteiger partial charge in [-0.05, 0) is 43.7 Å². The first kappa shape index (κ1) is 13.9. The summed E-state index contributed by atoms with van der Waals surface area (Å²) in [7, 11) is 0. The average Bonchev–Trinajstić information content (AvgIpc) is 2.54. The first-order valence-corrected chi connectivity index (χ1v) is 7.96. The zero-order valence-electron chi connectivity index (χ0n) is 12.5. The molecule has 0 radical (unpaired) electrons. The summed E-state index contributed by atoms with van der Waals surface area (Å²) in [5.74, 6) is 0. The van der Waals surface area contributed by atoms with Gasteiger partial charge in [0, 0.05) is 25.4 Å². The van der Waals surface area contributed by atoms with E-state index in [1.807, 2.05) is 0 Å². The maximum Gasteiger partial charge on any atom is 0.0595 e. The number of hydrogen-bond acceptors (Lipinski definition) is 3. The number of anilines is 1. The van der Waals surface area contributed by atoms with E-state index in [-0.39, 0.29) is 5.54 Å². The molecule has 2 aliphatic heterocycles. The average molecular weight is 274 g/mol.